The summed E-state index contributed by atoms with van der Waals surface area (Å²) in [7, 11) is 3.31. The van der Waals surface area contributed by atoms with Gasteiger partial charge in [-0.05, 0) is 30.5 Å². The molecular formula is C18H24N2O4. The molecule has 1 aliphatic heterocycles. The number of benzene rings is 1. The van der Waals surface area contributed by atoms with Gasteiger partial charge in [-0.25, -0.2) is 0 Å². The van der Waals surface area contributed by atoms with Gasteiger partial charge >= 0.3 is 5.97 Å². The first-order valence-electron chi connectivity index (χ1n) is 8.03. The second-order valence-electron chi connectivity index (χ2n) is 6.87. The monoisotopic (exact) mass is 332 g/mol. The van der Waals surface area contributed by atoms with Crippen LogP contribution in [0.1, 0.15) is 41.0 Å². The molecule has 1 atom stereocenters. The summed E-state index contributed by atoms with van der Waals surface area (Å²) in [6.45, 7) is 4.36. The Morgan fingerprint density at radius 1 is 1.21 bits per heavy atom. The van der Waals surface area contributed by atoms with Crippen LogP contribution in [0.3, 0.4) is 0 Å². The number of carbonyl (C=O) groups excluding carboxylic acids is 2. The minimum atomic E-state index is -0.896. The van der Waals surface area contributed by atoms with E-state index in [2.05, 4.69) is 0 Å². The molecule has 6 nitrogen and oxygen atoms in total. The third-order valence-corrected chi connectivity index (χ3v) is 4.88. The Morgan fingerprint density at radius 2 is 1.83 bits per heavy atom. The van der Waals surface area contributed by atoms with Crippen molar-refractivity contribution < 1.29 is 19.5 Å². The Morgan fingerprint density at radius 3 is 2.33 bits per heavy atom. The highest BCUT2D eigenvalue weighted by Crippen LogP contribution is 2.38. The molecule has 1 unspecified atom stereocenters. The Hall–Kier alpha value is -2.37. The molecule has 130 valence electrons. The van der Waals surface area contributed by atoms with Crippen molar-refractivity contribution in [3.8, 4) is 0 Å². The molecule has 1 aromatic carbocycles. The lowest BCUT2D eigenvalue weighted by molar-refractivity contribution is -0.150. The van der Waals surface area contributed by atoms with Crippen LogP contribution >= 0.6 is 0 Å². The molecule has 0 saturated carbocycles. The zero-order chi connectivity index (χ0) is 18.1. The van der Waals surface area contributed by atoms with Crippen LogP contribution in [-0.2, 0) is 4.79 Å². The van der Waals surface area contributed by atoms with Gasteiger partial charge in [0.2, 0.25) is 0 Å². The molecule has 1 aromatic rings. The Bertz CT molecular complexity index is 669. The maximum absolute atomic E-state index is 12.7. The zero-order valence-corrected chi connectivity index (χ0v) is 14.6. The van der Waals surface area contributed by atoms with E-state index in [4.69, 9.17) is 0 Å². The summed E-state index contributed by atoms with van der Waals surface area (Å²) < 4.78 is 0. The van der Waals surface area contributed by atoms with Gasteiger partial charge in [0.15, 0.2) is 0 Å². The number of aliphatic carboxylic acids is 1. The van der Waals surface area contributed by atoms with Crippen LogP contribution in [0.4, 0.5) is 0 Å². The molecule has 6 heteroatoms. The van der Waals surface area contributed by atoms with Crippen molar-refractivity contribution in [1.29, 1.82) is 0 Å². The average Bonchev–Trinajstić information content (AvgIpc) is 3.00. The first-order valence-corrected chi connectivity index (χ1v) is 8.03. The zero-order valence-electron chi connectivity index (χ0n) is 14.6. The van der Waals surface area contributed by atoms with Gasteiger partial charge in [-0.1, -0.05) is 19.9 Å². The highest BCUT2D eigenvalue weighted by atomic mass is 16.4. The van der Waals surface area contributed by atoms with Crippen LogP contribution in [0.5, 0.6) is 0 Å². The third-order valence-electron chi connectivity index (χ3n) is 4.88. The van der Waals surface area contributed by atoms with Crippen LogP contribution in [0.25, 0.3) is 0 Å². The third kappa shape index (κ3) is 3.13. The summed E-state index contributed by atoms with van der Waals surface area (Å²) in [5.74, 6) is -1.32. The average molecular weight is 332 g/mol. The molecule has 0 aliphatic carbocycles. The Labute approximate surface area is 142 Å². The van der Waals surface area contributed by atoms with Crippen LogP contribution < -0.4 is 0 Å². The Balaban J connectivity index is 2.23. The summed E-state index contributed by atoms with van der Waals surface area (Å²) in [5, 5.41) is 9.59. The molecule has 1 saturated heterocycles. The van der Waals surface area contributed by atoms with E-state index in [-0.39, 0.29) is 24.3 Å². The van der Waals surface area contributed by atoms with Crippen molar-refractivity contribution in [3.63, 3.8) is 0 Å². The molecule has 1 fully saturated rings. The number of carbonyl (C=O) groups is 3. The fourth-order valence-electron chi connectivity index (χ4n) is 3.13. The van der Waals surface area contributed by atoms with E-state index in [0.29, 0.717) is 24.1 Å². The molecule has 2 rings (SSSR count). The summed E-state index contributed by atoms with van der Waals surface area (Å²) >= 11 is 0. The van der Waals surface area contributed by atoms with E-state index >= 15 is 0 Å². The minimum absolute atomic E-state index is 0.0607. The molecule has 0 bridgehead atoms. The molecule has 0 radical (unpaired) electrons. The lowest BCUT2D eigenvalue weighted by Crippen LogP contribution is -2.40. The van der Waals surface area contributed by atoms with Crippen molar-refractivity contribution in [2.45, 2.75) is 20.3 Å². The minimum Gasteiger partial charge on any atom is -0.481 e. The van der Waals surface area contributed by atoms with Gasteiger partial charge in [-0.15, -0.1) is 0 Å². The SMILES string of the molecule is CC(C)C1(C(=O)O)CCN(C(=O)c2cccc(C(=O)N(C)C)c2)C1. The molecular weight excluding hydrogens is 308 g/mol. The lowest BCUT2D eigenvalue weighted by Gasteiger charge is -2.28. The van der Waals surface area contributed by atoms with E-state index < -0.39 is 11.4 Å². The molecule has 0 aromatic heterocycles. The van der Waals surface area contributed by atoms with E-state index in [9.17, 15) is 19.5 Å². The normalized spacial score (nSPS) is 20.3. The van der Waals surface area contributed by atoms with Crippen molar-refractivity contribution >= 4 is 17.8 Å². The van der Waals surface area contributed by atoms with Gasteiger partial charge in [-0.2, -0.15) is 0 Å². The summed E-state index contributed by atoms with van der Waals surface area (Å²) in [6.07, 6.45) is 0.446. The second-order valence-corrected chi connectivity index (χ2v) is 6.87. The van der Waals surface area contributed by atoms with Crippen molar-refractivity contribution in [2.24, 2.45) is 11.3 Å². The number of amides is 2. The van der Waals surface area contributed by atoms with Crippen molar-refractivity contribution in [3.05, 3.63) is 35.4 Å². The van der Waals surface area contributed by atoms with E-state index in [1.807, 2.05) is 13.8 Å². The fraction of sp³-hybridized carbons (Fsp3) is 0.500. The Kier molecular flexibility index (Phi) is 4.96. The topological polar surface area (TPSA) is 77.9 Å². The number of nitrogens with zero attached hydrogens (tertiary/aromatic N) is 2. The van der Waals surface area contributed by atoms with Gasteiger partial charge in [0.1, 0.15) is 0 Å². The van der Waals surface area contributed by atoms with E-state index in [1.165, 1.54) is 4.90 Å². The maximum Gasteiger partial charge on any atom is 0.311 e. The van der Waals surface area contributed by atoms with Crippen LogP contribution in [0.2, 0.25) is 0 Å². The van der Waals surface area contributed by atoms with Gasteiger partial charge < -0.3 is 14.9 Å². The van der Waals surface area contributed by atoms with Gasteiger partial charge in [0.05, 0.1) is 5.41 Å². The van der Waals surface area contributed by atoms with E-state index in [1.54, 1.807) is 43.3 Å². The largest absolute Gasteiger partial charge is 0.481 e. The molecule has 1 aliphatic rings. The first kappa shape index (κ1) is 18.0. The van der Waals surface area contributed by atoms with Gasteiger partial charge in [0, 0.05) is 38.3 Å². The molecule has 1 N–H and O–H groups in total. The van der Waals surface area contributed by atoms with Crippen LogP contribution in [0.15, 0.2) is 24.3 Å². The highest BCUT2D eigenvalue weighted by Gasteiger charge is 2.48. The molecule has 24 heavy (non-hydrogen) atoms. The fourth-order valence-corrected chi connectivity index (χ4v) is 3.13. The number of hydrogen-bond donors (Lipinski definition) is 1. The summed E-state index contributed by atoms with van der Waals surface area (Å²) in [5.41, 5.74) is -0.0433. The standard InChI is InChI=1S/C18H24N2O4/c1-12(2)18(17(23)24)8-9-20(11-18)16(22)14-7-5-6-13(10-14)15(21)19(3)4/h5-7,10,12H,8-9,11H2,1-4H3,(H,23,24). The van der Waals surface area contributed by atoms with Crippen LogP contribution in [-0.4, -0.2) is 59.9 Å². The number of carboxylic acids is 1. The first-order chi connectivity index (χ1) is 11.2. The summed E-state index contributed by atoms with van der Waals surface area (Å²) in [4.78, 5) is 39.5. The quantitative estimate of drug-likeness (QED) is 0.914. The lowest BCUT2D eigenvalue weighted by atomic mass is 9.76. The molecule has 0 spiro atoms. The predicted molar refractivity (Wildman–Crippen MR) is 89.9 cm³/mol. The van der Waals surface area contributed by atoms with Gasteiger partial charge in [-0.3, -0.25) is 14.4 Å². The van der Waals surface area contributed by atoms with Crippen LogP contribution in [0, 0.1) is 11.3 Å². The molecule has 2 amide bonds. The van der Waals surface area contributed by atoms with Crippen molar-refractivity contribution in [2.75, 3.05) is 27.2 Å². The number of rotatable bonds is 4. The highest BCUT2D eigenvalue weighted by molar-refractivity contribution is 5.99. The van der Waals surface area contributed by atoms with Crippen molar-refractivity contribution in [1.82, 2.24) is 9.80 Å². The second kappa shape index (κ2) is 6.63. The maximum atomic E-state index is 12.7. The predicted octanol–water partition coefficient (Wildman–Crippen LogP) is 1.96. The molecule has 1 heterocycles. The number of carboxylic acid groups (broad SMARTS) is 1. The summed E-state index contributed by atoms with van der Waals surface area (Å²) in [6, 6.07) is 6.57. The number of likely N-dealkylation sites (tertiary alicyclic amines) is 1. The van der Waals surface area contributed by atoms with Gasteiger partial charge in [0.25, 0.3) is 11.8 Å². The number of hydrogen-bond acceptors (Lipinski definition) is 3. The van der Waals surface area contributed by atoms with E-state index in [0.717, 1.165) is 0 Å². The smallest absolute Gasteiger partial charge is 0.311 e.